The van der Waals surface area contributed by atoms with Crippen molar-refractivity contribution in [2.75, 3.05) is 0 Å². The maximum atomic E-state index is 4.08. The average molecular weight is 296 g/mol. The second kappa shape index (κ2) is 5.51. The molecular weight excluding hydrogens is 274 g/mol. The first-order valence-corrected chi connectivity index (χ1v) is 7.54. The zero-order chi connectivity index (χ0) is 12.3. The van der Waals surface area contributed by atoms with E-state index in [2.05, 4.69) is 46.9 Å². The minimum Gasteiger partial charge on any atom is -0.265 e. The van der Waals surface area contributed by atoms with Crippen molar-refractivity contribution in [1.29, 1.82) is 0 Å². The number of aromatic nitrogens is 1. The molecule has 0 aromatic carbocycles. The fourth-order valence-corrected chi connectivity index (χ4v) is 4.43. The van der Waals surface area contributed by atoms with Crippen LogP contribution >= 0.6 is 15.9 Å². The monoisotopic (exact) mass is 295 g/mol. The minimum atomic E-state index is 0.486. The molecule has 1 aliphatic rings. The van der Waals surface area contributed by atoms with Crippen LogP contribution in [-0.4, -0.2) is 9.81 Å². The van der Waals surface area contributed by atoms with Crippen molar-refractivity contribution < 1.29 is 0 Å². The molecule has 1 heterocycles. The molecule has 2 atom stereocenters. The third-order valence-electron chi connectivity index (χ3n) is 4.21. The quantitative estimate of drug-likeness (QED) is 0.743. The van der Waals surface area contributed by atoms with Gasteiger partial charge < -0.3 is 0 Å². The van der Waals surface area contributed by atoms with Gasteiger partial charge in [0.1, 0.15) is 0 Å². The fourth-order valence-electron chi connectivity index (χ4n) is 3.08. The first kappa shape index (κ1) is 13.1. The van der Waals surface area contributed by atoms with Crippen LogP contribution < -0.4 is 0 Å². The largest absolute Gasteiger partial charge is 0.265 e. The van der Waals surface area contributed by atoms with Gasteiger partial charge in [-0.15, -0.1) is 0 Å². The number of pyridine rings is 1. The summed E-state index contributed by atoms with van der Waals surface area (Å²) in [6.45, 7) is 4.86. The molecule has 0 bridgehead atoms. The summed E-state index contributed by atoms with van der Waals surface area (Å²) in [6, 6.07) is 4.26. The highest BCUT2D eigenvalue weighted by molar-refractivity contribution is 9.09. The Balaban J connectivity index is 2.02. The average Bonchev–Trinajstić information content (AvgIpc) is 2.29. The number of alkyl halides is 1. The molecule has 0 radical (unpaired) electrons. The molecular formula is C15H22BrN. The fraction of sp³-hybridized carbons (Fsp3) is 0.667. The molecule has 2 heteroatoms. The summed E-state index contributed by atoms with van der Waals surface area (Å²) >= 11 is 3.93. The Labute approximate surface area is 113 Å². The maximum absolute atomic E-state index is 4.08. The van der Waals surface area contributed by atoms with Crippen LogP contribution in [0.25, 0.3) is 0 Å². The van der Waals surface area contributed by atoms with Crippen LogP contribution in [0, 0.1) is 11.3 Å². The van der Waals surface area contributed by atoms with Crippen LogP contribution in [0.2, 0.25) is 0 Å². The number of hydrogen-bond donors (Lipinski definition) is 0. The van der Waals surface area contributed by atoms with Crippen LogP contribution in [0.4, 0.5) is 0 Å². The van der Waals surface area contributed by atoms with E-state index in [4.69, 9.17) is 0 Å². The second-order valence-electron chi connectivity index (χ2n) is 5.92. The number of hydrogen-bond acceptors (Lipinski definition) is 1. The Hall–Kier alpha value is -0.370. The van der Waals surface area contributed by atoms with E-state index in [-0.39, 0.29) is 0 Å². The molecule has 2 unspecified atom stereocenters. The van der Waals surface area contributed by atoms with Gasteiger partial charge in [-0.25, -0.2) is 0 Å². The van der Waals surface area contributed by atoms with Crippen molar-refractivity contribution in [2.45, 2.75) is 50.8 Å². The summed E-state index contributed by atoms with van der Waals surface area (Å²) in [5, 5.41) is 0. The standard InChI is InChI=1S/C15H22BrN/c1-15(2)8-4-3-5-13(15)14(16)11-12-6-9-17-10-7-12/h6-7,9-10,13-14H,3-5,8,11H2,1-2H3. The molecule has 2 rings (SSSR count). The van der Waals surface area contributed by atoms with Crippen molar-refractivity contribution in [1.82, 2.24) is 4.98 Å². The summed E-state index contributed by atoms with van der Waals surface area (Å²) in [6.07, 6.45) is 10.4. The molecule has 0 aliphatic heterocycles. The van der Waals surface area contributed by atoms with E-state index < -0.39 is 0 Å². The van der Waals surface area contributed by atoms with Gasteiger partial charge >= 0.3 is 0 Å². The van der Waals surface area contributed by atoms with Gasteiger partial charge in [0.05, 0.1) is 0 Å². The van der Waals surface area contributed by atoms with Crippen LogP contribution in [0.15, 0.2) is 24.5 Å². The molecule has 0 N–H and O–H groups in total. The Morgan fingerprint density at radius 1 is 1.35 bits per heavy atom. The van der Waals surface area contributed by atoms with Gasteiger partial charge in [-0.1, -0.05) is 42.6 Å². The Morgan fingerprint density at radius 3 is 2.71 bits per heavy atom. The predicted molar refractivity (Wildman–Crippen MR) is 76.4 cm³/mol. The first-order valence-electron chi connectivity index (χ1n) is 6.62. The minimum absolute atomic E-state index is 0.486. The van der Waals surface area contributed by atoms with Crippen molar-refractivity contribution in [3.8, 4) is 0 Å². The van der Waals surface area contributed by atoms with Crippen LogP contribution in [0.5, 0.6) is 0 Å². The van der Waals surface area contributed by atoms with Crippen molar-refractivity contribution in [3.05, 3.63) is 30.1 Å². The predicted octanol–water partition coefficient (Wildman–Crippen LogP) is 4.60. The highest BCUT2D eigenvalue weighted by Gasteiger charge is 2.36. The van der Waals surface area contributed by atoms with E-state index in [1.54, 1.807) is 0 Å². The van der Waals surface area contributed by atoms with E-state index in [9.17, 15) is 0 Å². The van der Waals surface area contributed by atoms with E-state index in [1.807, 2.05) is 12.4 Å². The van der Waals surface area contributed by atoms with Gasteiger partial charge in [0.15, 0.2) is 0 Å². The smallest absolute Gasteiger partial charge is 0.0270 e. The summed E-state index contributed by atoms with van der Waals surface area (Å²) in [5.41, 5.74) is 1.88. The molecule has 0 amide bonds. The Bertz CT molecular complexity index is 347. The summed E-state index contributed by atoms with van der Waals surface area (Å²) in [5.74, 6) is 0.796. The van der Waals surface area contributed by atoms with Crippen molar-refractivity contribution in [2.24, 2.45) is 11.3 Å². The number of nitrogens with zero attached hydrogens (tertiary/aromatic N) is 1. The molecule has 17 heavy (non-hydrogen) atoms. The lowest BCUT2D eigenvalue weighted by Gasteiger charge is -2.41. The van der Waals surface area contributed by atoms with Crippen LogP contribution in [-0.2, 0) is 6.42 Å². The second-order valence-corrected chi connectivity index (χ2v) is 7.09. The summed E-state index contributed by atoms with van der Waals surface area (Å²) in [7, 11) is 0. The number of rotatable bonds is 3. The number of halogens is 1. The van der Waals surface area contributed by atoms with Crippen LogP contribution in [0.1, 0.15) is 45.1 Å². The van der Waals surface area contributed by atoms with Crippen molar-refractivity contribution >= 4 is 15.9 Å². The summed E-state index contributed by atoms with van der Waals surface area (Å²) < 4.78 is 0. The lowest BCUT2D eigenvalue weighted by molar-refractivity contribution is 0.136. The Kier molecular flexibility index (Phi) is 4.24. The Morgan fingerprint density at radius 2 is 2.06 bits per heavy atom. The van der Waals surface area contributed by atoms with Gasteiger partial charge in [0.2, 0.25) is 0 Å². The van der Waals surface area contributed by atoms with E-state index >= 15 is 0 Å². The molecule has 1 aromatic rings. The van der Waals surface area contributed by atoms with E-state index in [0.29, 0.717) is 10.2 Å². The third-order valence-corrected chi connectivity index (χ3v) is 5.17. The normalized spacial score (nSPS) is 25.5. The molecule has 1 aliphatic carbocycles. The maximum Gasteiger partial charge on any atom is 0.0270 e. The van der Waals surface area contributed by atoms with Gasteiger partial charge in [0.25, 0.3) is 0 Å². The molecule has 1 nitrogen and oxygen atoms in total. The molecule has 94 valence electrons. The first-order chi connectivity index (χ1) is 8.09. The van der Waals surface area contributed by atoms with E-state index in [1.165, 1.54) is 31.2 Å². The molecule has 1 saturated carbocycles. The lowest BCUT2D eigenvalue weighted by atomic mass is 9.67. The van der Waals surface area contributed by atoms with Gasteiger partial charge in [-0.3, -0.25) is 4.98 Å². The van der Waals surface area contributed by atoms with Gasteiger partial charge in [0, 0.05) is 17.2 Å². The van der Waals surface area contributed by atoms with E-state index in [0.717, 1.165) is 12.3 Å². The van der Waals surface area contributed by atoms with Gasteiger partial charge in [-0.2, -0.15) is 0 Å². The van der Waals surface area contributed by atoms with Crippen molar-refractivity contribution in [3.63, 3.8) is 0 Å². The third kappa shape index (κ3) is 3.31. The molecule has 1 fully saturated rings. The molecule has 1 aromatic heterocycles. The highest BCUT2D eigenvalue weighted by atomic mass is 79.9. The topological polar surface area (TPSA) is 12.9 Å². The van der Waals surface area contributed by atoms with Gasteiger partial charge in [-0.05, 0) is 48.3 Å². The lowest BCUT2D eigenvalue weighted by Crippen LogP contribution is -2.35. The molecule has 0 saturated heterocycles. The highest BCUT2D eigenvalue weighted by Crippen LogP contribution is 2.44. The zero-order valence-corrected chi connectivity index (χ0v) is 12.4. The van der Waals surface area contributed by atoms with Crippen LogP contribution in [0.3, 0.4) is 0 Å². The zero-order valence-electron chi connectivity index (χ0n) is 10.8. The summed E-state index contributed by atoms with van der Waals surface area (Å²) in [4.78, 5) is 4.68. The molecule has 0 spiro atoms. The SMILES string of the molecule is CC1(C)CCCCC1C(Br)Cc1ccncc1.